The number of hydrogen-bond acceptors (Lipinski definition) is 10. The first-order valence-corrected chi connectivity index (χ1v) is 14.9. The van der Waals surface area contributed by atoms with E-state index in [9.17, 15) is 18.0 Å². The van der Waals surface area contributed by atoms with E-state index in [1.807, 2.05) is 0 Å². The Morgan fingerprint density at radius 3 is 2.35 bits per heavy atom. The highest BCUT2D eigenvalue weighted by molar-refractivity contribution is 7.85. The Morgan fingerprint density at radius 2 is 1.70 bits per heavy atom. The summed E-state index contributed by atoms with van der Waals surface area (Å²) >= 11 is 6.54. The molecule has 0 saturated carbocycles. The highest BCUT2D eigenvalue weighted by atomic mass is 35.5. The number of hydrogen-bond donors (Lipinski definition) is 1. The van der Waals surface area contributed by atoms with Crippen LogP contribution < -0.4 is 25.1 Å². The van der Waals surface area contributed by atoms with Crippen molar-refractivity contribution >= 4 is 55.1 Å². The summed E-state index contributed by atoms with van der Waals surface area (Å²) in [4.78, 5) is 27.0. The number of carbonyl (C=O) groups is 1. The van der Waals surface area contributed by atoms with Crippen molar-refractivity contribution in [2.24, 2.45) is 0 Å². The van der Waals surface area contributed by atoms with Crippen LogP contribution in [-0.2, 0) is 32.1 Å². The summed E-state index contributed by atoms with van der Waals surface area (Å²) < 4.78 is 50.9. The number of ether oxygens (including phenoxy) is 3. The lowest BCUT2D eigenvalue weighted by Crippen LogP contribution is -2.20. The molecule has 0 spiro atoms. The second-order valence-electron chi connectivity index (χ2n) is 9.38. The molecule has 0 saturated heterocycles. The first-order valence-electron chi connectivity index (χ1n) is 12.7. The molecule has 3 aromatic carbocycles. The van der Waals surface area contributed by atoms with Crippen LogP contribution in [0, 0.1) is 0 Å². The molecule has 5 aromatic rings. The third kappa shape index (κ3) is 6.00. The number of rotatable bonds is 10. The maximum atomic E-state index is 13.9. The predicted molar refractivity (Wildman–Crippen MR) is 160 cm³/mol. The third-order valence-corrected chi connectivity index (χ3v) is 7.40. The van der Waals surface area contributed by atoms with Gasteiger partial charge in [-0.2, -0.15) is 8.42 Å². The number of methoxy groups -OCH3 is 3. The van der Waals surface area contributed by atoms with E-state index in [-0.39, 0.29) is 29.0 Å². The maximum absolute atomic E-state index is 13.9. The van der Waals surface area contributed by atoms with Gasteiger partial charge in [0.2, 0.25) is 11.7 Å². The molecule has 12 nitrogen and oxygen atoms in total. The zero-order valence-electron chi connectivity index (χ0n) is 23.5. The SMILES string of the molecule is COc1cc(NC(=O)Cc2cccc(-n3c(=O)c4c(COS(C)(=O)=O)onc4c4c(Cl)cccc43)c2)cc(OC)c1OC. The van der Waals surface area contributed by atoms with Gasteiger partial charge in [0.1, 0.15) is 17.5 Å². The van der Waals surface area contributed by atoms with Crippen LogP contribution in [0.2, 0.25) is 5.02 Å². The van der Waals surface area contributed by atoms with Gasteiger partial charge in [0.25, 0.3) is 15.7 Å². The van der Waals surface area contributed by atoms with Gasteiger partial charge >= 0.3 is 0 Å². The zero-order valence-corrected chi connectivity index (χ0v) is 25.0. The van der Waals surface area contributed by atoms with E-state index < -0.39 is 22.3 Å². The minimum absolute atomic E-state index is 0.0230. The van der Waals surface area contributed by atoms with E-state index >= 15 is 0 Å². The van der Waals surface area contributed by atoms with Gasteiger partial charge < -0.3 is 24.1 Å². The minimum atomic E-state index is -3.83. The van der Waals surface area contributed by atoms with Crippen LogP contribution in [-0.4, -0.2) is 51.6 Å². The van der Waals surface area contributed by atoms with Crippen molar-refractivity contribution in [1.29, 1.82) is 0 Å². The van der Waals surface area contributed by atoms with Gasteiger partial charge in [-0.3, -0.25) is 18.3 Å². The van der Waals surface area contributed by atoms with E-state index in [0.717, 1.165) is 6.26 Å². The molecule has 1 amide bonds. The molecule has 5 rings (SSSR count). The Balaban J connectivity index is 1.54. The molecule has 14 heteroatoms. The number of benzene rings is 3. The molecular weight excluding hydrogens is 602 g/mol. The largest absolute Gasteiger partial charge is 0.493 e. The number of pyridine rings is 1. The van der Waals surface area contributed by atoms with Crippen molar-refractivity contribution in [2.75, 3.05) is 32.9 Å². The van der Waals surface area contributed by atoms with E-state index in [0.29, 0.717) is 50.1 Å². The fourth-order valence-electron chi connectivity index (χ4n) is 4.73. The van der Waals surface area contributed by atoms with Gasteiger partial charge in [-0.15, -0.1) is 0 Å². The van der Waals surface area contributed by atoms with Crippen LogP contribution >= 0.6 is 11.6 Å². The number of carbonyl (C=O) groups excluding carboxylic acids is 1. The number of amides is 1. The lowest BCUT2D eigenvalue weighted by Gasteiger charge is -2.15. The molecule has 0 fully saturated rings. The van der Waals surface area contributed by atoms with Crippen LogP contribution in [0.1, 0.15) is 11.3 Å². The lowest BCUT2D eigenvalue weighted by atomic mass is 10.1. The number of aromatic nitrogens is 2. The summed E-state index contributed by atoms with van der Waals surface area (Å²) in [6, 6.07) is 15.1. The van der Waals surface area contributed by atoms with E-state index in [1.165, 1.54) is 25.9 Å². The van der Waals surface area contributed by atoms with Crippen molar-refractivity contribution in [3.8, 4) is 22.9 Å². The molecule has 0 unspecified atom stereocenters. The Labute approximate surface area is 250 Å². The molecule has 0 aliphatic carbocycles. The van der Waals surface area contributed by atoms with Crippen molar-refractivity contribution in [3.05, 3.63) is 81.3 Å². The molecule has 0 aliphatic heterocycles. The summed E-state index contributed by atoms with van der Waals surface area (Å²) in [6.07, 6.45) is 0.861. The Kier molecular flexibility index (Phi) is 8.31. The Bertz CT molecular complexity index is 2010. The van der Waals surface area contributed by atoms with Crippen LogP contribution in [0.15, 0.2) is 63.9 Å². The number of nitrogens with zero attached hydrogens (tertiary/aromatic N) is 2. The van der Waals surface area contributed by atoms with Crippen molar-refractivity contribution in [1.82, 2.24) is 9.72 Å². The molecule has 0 atom stereocenters. The summed E-state index contributed by atoms with van der Waals surface area (Å²) in [7, 11) is 0.614. The van der Waals surface area contributed by atoms with Crippen molar-refractivity contribution in [2.45, 2.75) is 13.0 Å². The second kappa shape index (κ2) is 12.0. The van der Waals surface area contributed by atoms with Gasteiger partial charge in [0, 0.05) is 28.9 Å². The van der Waals surface area contributed by atoms with E-state index in [2.05, 4.69) is 10.5 Å². The second-order valence-corrected chi connectivity index (χ2v) is 11.4. The fourth-order valence-corrected chi connectivity index (χ4v) is 5.31. The predicted octanol–water partition coefficient (Wildman–Crippen LogP) is 4.47. The number of fused-ring (bicyclic) bond motifs is 3. The average Bonchev–Trinajstić information content (AvgIpc) is 3.39. The standard InChI is InChI=1S/C29H26ClN3O9S/c1-38-21-13-17(14-22(39-2)28(21)40-3)31-24(34)12-16-7-5-8-18(11-16)33-20-10-6-9-19(30)25(20)27-26(29(33)35)23(42-32-27)15-41-43(4,36)37/h5-11,13-14H,12,15H2,1-4H3,(H,31,34). The smallest absolute Gasteiger partial charge is 0.268 e. The maximum Gasteiger partial charge on any atom is 0.268 e. The van der Waals surface area contributed by atoms with Gasteiger partial charge in [-0.25, -0.2) is 0 Å². The van der Waals surface area contributed by atoms with Crippen LogP contribution in [0.25, 0.3) is 27.5 Å². The van der Waals surface area contributed by atoms with Gasteiger partial charge in [0.05, 0.1) is 44.5 Å². The molecule has 1 N–H and O–H groups in total. The fraction of sp³-hybridized carbons (Fsp3) is 0.207. The van der Waals surface area contributed by atoms with Gasteiger partial charge in [-0.05, 0) is 29.8 Å². The number of halogens is 1. The van der Waals surface area contributed by atoms with Gasteiger partial charge in [-0.1, -0.05) is 35.0 Å². The highest BCUT2D eigenvalue weighted by Gasteiger charge is 2.23. The molecule has 224 valence electrons. The number of anilines is 1. The molecule has 2 aromatic heterocycles. The van der Waals surface area contributed by atoms with Crippen molar-refractivity contribution < 1.29 is 36.1 Å². The van der Waals surface area contributed by atoms with Crippen LogP contribution in [0.4, 0.5) is 5.69 Å². The molecule has 0 aliphatic rings. The van der Waals surface area contributed by atoms with E-state index in [4.69, 9.17) is 34.5 Å². The van der Waals surface area contributed by atoms with Gasteiger partial charge in [0.15, 0.2) is 17.3 Å². The molecule has 0 bridgehead atoms. The zero-order chi connectivity index (χ0) is 30.9. The van der Waals surface area contributed by atoms with E-state index in [1.54, 1.807) is 54.6 Å². The quantitative estimate of drug-likeness (QED) is 0.220. The summed E-state index contributed by atoms with van der Waals surface area (Å²) in [5.41, 5.74) is 1.57. The van der Waals surface area contributed by atoms with Crippen LogP contribution in [0.3, 0.4) is 0 Å². The van der Waals surface area contributed by atoms with Crippen LogP contribution in [0.5, 0.6) is 17.2 Å². The average molecular weight is 628 g/mol. The Morgan fingerprint density at radius 1 is 1.00 bits per heavy atom. The first kappa shape index (κ1) is 29.9. The Hall–Kier alpha value is -4.59. The molecular formula is C29H26ClN3O9S. The lowest BCUT2D eigenvalue weighted by molar-refractivity contribution is -0.115. The number of nitrogens with one attached hydrogen (secondary N) is 1. The summed E-state index contributed by atoms with van der Waals surface area (Å²) in [5, 5.41) is 7.60. The summed E-state index contributed by atoms with van der Waals surface area (Å²) in [5.74, 6) is 0.761. The topological polar surface area (TPSA) is 148 Å². The first-order chi connectivity index (χ1) is 20.5. The summed E-state index contributed by atoms with van der Waals surface area (Å²) in [6.45, 7) is -0.526. The monoisotopic (exact) mass is 627 g/mol. The minimum Gasteiger partial charge on any atom is -0.493 e. The highest BCUT2D eigenvalue weighted by Crippen LogP contribution is 2.40. The molecule has 0 radical (unpaired) electrons. The van der Waals surface area contributed by atoms with Crippen molar-refractivity contribution in [3.63, 3.8) is 0 Å². The normalized spacial score (nSPS) is 11.6. The third-order valence-electron chi connectivity index (χ3n) is 6.54. The molecule has 2 heterocycles. The molecule has 43 heavy (non-hydrogen) atoms.